The second-order valence-corrected chi connectivity index (χ2v) is 11.5. The number of hydrogen-bond donors (Lipinski definition) is 1. The predicted molar refractivity (Wildman–Crippen MR) is 157 cm³/mol. The topological polar surface area (TPSA) is 55.5 Å². The van der Waals surface area contributed by atoms with Gasteiger partial charge in [-0.1, -0.05) is 73.8 Å². The molecule has 3 fully saturated rings. The number of carbonyl (C=O) groups is 1. The number of aliphatic imine (C=N–C) groups is 1. The highest BCUT2D eigenvalue weighted by Crippen LogP contribution is 2.66. The molecule has 35 heavy (non-hydrogen) atoms. The largest absolute Gasteiger partial charge is 0.333 e. The van der Waals surface area contributed by atoms with E-state index < -0.39 is 0 Å². The number of nitrogens with two attached hydrogens (primary N) is 1. The molecule has 3 aliphatic rings. The Bertz CT molecular complexity index is 652. The second kappa shape index (κ2) is 16.7. The molecule has 3 saturated carbocycles. The molecule has 2 N–H and O–H groups in total. The van der Waals surface area contributed by atoms with Crippen molar-refractivity contribution < 1.29 is 4.79 Å². The van der Waals surface area contributed by atoms with E-state index in [0.717, 1.165) is 42.9 Å². The summed E-state index contributed by atoms with van der Waals surface area (Å²) in [6.45, 7) is 23.4. The number of carbonyl (C=O) groups excluding carboxylic acids is 1. The number of nitrogens with zero attached hydrogens (tertiary/aromatic N) is 1. The zero-order valence-electron chi connectivity index (χ0n) is 25.5. The Kier molecular flexibility index (Phi) is 16.3. The third-order valence-electron chi connectivity index (χ3n) is 9.50. The summed E-state index contributed by atoms with van der Waals surface area (Å²) < 4.78 is 0. The van der Waals surface area contributed by atoms with Crippen LogP contribution in [0.5, 0.6) is 0 Å². The lowest BCUT2D eigenvalue weighted by Crippen LogP contribution is -2.50. The molecule has 0 amide bonds. The van der Waals surface area contributed by atoms with Gasteiger partial charge in [-0.15, -0.1) is 0 Å². The summed E-state index contributed by atoms with van der Waals surface area (Å²) in [6, 6.07) is 0. The summed E-state index contributed by atoms with van der Waals surface area (Å²) in [6.07, 6.45) is 14.5. The minimum absolute atomic E-state index is 0.241. The van der Waals surface area contributed by atoms with E-state index in [-0.39, 0.29) is 5.41 Å². The summed E-state index contributed by atoms with van der Waals surface area (Å²) in [5.74, 6) is 4.03. The van der Waals surface area contributed by atoms with Crippen LogP contribution in [0.1, 0.15) is 127 Å². The van der Waals surface area contributed by atoms with Crippen LogP contribution in [-0.2, 0) is 4.79 Å². The average molecular weight is 491 g/mol. The van der Waals surface area contributed by atoms with Crippen molar-refractivity contribution in [1.29, 1.82) is 0 Å². The quantitative estimate of drug-likeness (QED) is 0.229. The molecule has 3 aliphatic carbocycles. The van der Waals surface area contributed by atoms with Crippen LogP contribution < -0.4 is 5.73 Å². The van der Waals surface area contributed by atoms with Gasteiger partial charge in [0.15, 0.2) is 0 Å². The van der Waals surface area contributed by atoms with Crippen LogP contribution in [0.4, 0.5) is 0 Å². The van der Waals surface area contributed by atoms with E-state index in [9.17, 15) is 4.79 Å². The first kappa shape index (κ1) is 34.0. The first-order valence-corrected chi connectivity index (χ1v) is 14.9. The molecule has 6 unspecified atom stereocenters. The molecule has 0 bridgehead atoms. The first-order chi connectivity index (χ1) is 16.7. The van der Waals surface area contributed by atoms with Crippen molar-refractivity contribution in [2.24, 2.45) is 51.1 Å². The van der Waals surface area contributed by atoms with E-state index in [0.29, 0.717) is 11.3 Å². The molecule has 0 aromatic rings. The van der Waals surface area contributed by atoms with Crippen molar-refractivity contribution in [3.63, 3.8) is 0 Å². The summed E-state index contributed by atoms with van der Waals surface area (Å²) in [5.41, 5.74) is 8.04. The van der Waals surface area contributed by atoms with Crippen LogP contribution >= 0.6 is 0 Å². The van der Waals surface area contributed by atoms with E-state index in [1.807, 2.05) is 19.9 Å². The molecule has 3 heteroatoms. The molecule has 3 nitrogen and oxygen atoms in total. The molecular formula is C32H62N2O. The number of rotatable bonds is 6. The van der Waals surface area contributed by atoms with Crippen LogP contribution in [0.2, 0.25) is 0 Å². The maximum absolute atomic E-state index is 11.2. The van der Waals surface area contributed by atoms with Gasteiger partial charge in [-0.25, -0.2) is 0 Å². The Hall–Kier alpha value is -0.960. The van der Waals surface area contributed by atoms with E-state index in [1.165, 1.54) is 69.7 Å². The van der Waals surface area contributed by atoms with E-state index in [1.54, 1.807) is 0 Å². The van der Waals surface area contributed by atoms with Crippen molar-refractivity contribution in [3.8, 4) is 0 Å². The lowest BCUT2D eigenvalue weighted by Gasteiger charge is -2.57. The molecule has 0 aliphatic heterocycles. The van der Waals surface area contributed by atoms with Gasteiger partial charge in [-0.2, -0.15) is 0 Å². The van der Waals surface area contributed by atoms with Crippen molar-refractivity contribution in [1.82, 2.24) is 0 Å². The van der Waals surface area contributed by atoms with Gasteiger partial charge < -0.3 is 5.73 Å². The summed E-state index contributed by atoms with van der Waals surface area (Å²) in [4.78, 5) is 16.1. The Labute approximate surface area is 220 Å². The Morgan fingerprint density at radius 3 is 2.14 bits per heavy atom. The van der Waals surface area contributed by atoms with Crippen molar-refractivity contribution in [2.75, 3.05) is 13.6 Å². The smallest absolute Gasteiger partial charge is 0.142 e. The minimum Gasteiger partial charge on any atom is -0.333 e. The average Bonchev–Trinajstić information content (AvgIpc) is 3.21. The van der Waals surface area contributed by atoms with Crippen molar-refractivity contribution in [2.45, 2.75) is 127 Å². The molecular weight excluding hydrogens is 428 g/mol. The van der Waals surface area contributed by atoms with E-state index >= 15 is 0 Å². The maximum atomic E-state index is 11.2. The Morgan fingerprint density at radius 1 is 1.06 bits per heavy atom. The highest BCUT2D eigenvalue weighted by Gasteiger charge is 2.58. The van der Waals surface area contributed by atoms with Crippen molar-refractivity contribution >= 4 is 12.0 Å². The fourth-order valence-corrected chi connectivity index (χ4v) is 7.59. The molecule has 0 heterocycles. The zero-order chi connectivity index (χ0) is 27.2. The Morgan fingerprint density at radius 2 is 1.66 bits per heavy atom. The highest BCUT2D eigenvalue weighted by atomic mass is 16.1. The predicted octanol–water partition coefficient (Wildman–Crippen LogP) is 8.90. The van der Waals surface area contributed by atoms with Crippen molar-refractivity contribution in [3.05, 3.63) is 11.6 Å². The number of fused-ring (bicyclic) bond motifs is 3. The van der Waals surface area contributed by atoms with Gasteiger partial charge in [0.1, 0.15) is 6.29 Å². The van der Waals surface area contributed by atoms with Crippen LogP contribution in [-0.4, -0.2) is 25.6 Å². The molecule has 0 spiro atoms. The summed E-state index contributed by atoms with van der Waals surface area (Å²) >= 11 is 0. The number of allylic oxidation sites excluding steroid dienone is 2. The summed E-state index contributed by atoms with van der Waals surface area (Å²) in [5, 5.41) is 0. The SMILES string of the molecule is CC.CCC(C)C.CCCC1(C)/C(=C\C=O)CCC2C1CCC1(C)C(C(C)=NCC)CCC21.CN. The van der Waals surface area contributed by atoms with Gasteiger partial charge in [0.25, 0.3) is 0 Å². The molecule has 0 aromatic carbocycles. The van der Waals surface area contributed by atoms with Gasteiger partial charge in [-0.05, 0) is 106 Å². The van der Waals surface area contributed by atoms with E-state index in [2.05, 4.69) is 61.1 Å². The molecule has 206 valence electrons. The van der Waals surface area contributed by atoms with Crippen LogP contribution in [0.25, 0.3) is 0 Å². The Balaban J connectivity index is 0.00000112. The number of hydrogen-bond acceptors (Lipinski definition) is 3. The van der Waals surface area contributed by atoms with Gasteiger partial charge in [0.2, 0.25) is 0 Å². The standard InChI is InChI=1S/C24H39NO.C5H12.C2H6.CH5N/c1-6-14-23(4)18(13-16-26)8-9-19-21-11-10-20(17(3)25-7-2)24(21,5)15-12-22(19)23;1-4-5(2)3;2*1-2/h13,16,19-22H,6-12,14-15H2,1-5H3;5H,4H2,1-3H3;1-2H3;2H2,1H3/b18-13-,25-17?;;;. The van der Waals surface area contributed by atoms with Crippen LogP contribution in [0, 0.1) is 40.4 Å². The number of aldehydes is 1. The molecule has 0 radical (unpaired) electrons. The monoisotopic (exact) mass is 490 g/mol. The molecule has 0 saturated heterocycles. The van der Waals surface area contributed by atoms with Gasteiger partial charge in [-0.3, -0.25) is 9.79 Å². The molecule has 3 rings (SSSR count). The lowest BCUT2D eigenvalue weighted by atomic mass is 9.47. The highest BCUT2D eigenvalue weighted by molar-refractivity contribution is 5.85. The fraction of sp³-hybridized carbons (Fsp3) is 0.875. The van der Waals surface area contributed by atoms with Crippen LogP contribution in [0.15, 0.2) is 16.6 Å². The second-order valence-electron chi connectivity index (χ2n) is 11.5. The van der Waals surface area contributed by atoms with Crippen LogP contribution in [0.3, 0.4) is 0 Å². The zero-order valence-corrected chi connectivity index (χ0v) is 25.5. The minimum atomic E-state index is 0.241. The first-order valence-electron chi connectivity index (χ1n) is 14.9. The van der Waals surface area contributed by atoms with Gasteiger partial charge in [0.05, 0.1) is 0 Å². The lowest BCUT2D eigenvalue weighted by molar-refractivity contribution is -0.104. The van der Waals surface area contributed by atoms with E-state index in [4.69, 9.17) is 4.99 Å². The van der Waals surface area contributed by atoms with Gasteiger partial charge >= 0.3 is 0 Å². The fourth-order valence-electron chi connectivity index (χ4n) is 7.59. The molecule has 0 aromatic heterocycles. The summed E-state index contributed by atoms with van der Waals surface area (Å²) in [7, 11) is 1.50. The van der Waals surface area contributed by atoms with Gasteiger partial charge in [0, 0.05) is 18.2 Å². The maximum Gasteiger partial charge on any atom is 0.142 e. The third kappa shape index (κ3) is 8.01. The normalized spacial score (nSPS) is 34.9. The third-order valence-corrected chi connectivity index (χ3v) is 9.50. The molecule has 6 atom stereocenters.